The quantitative estimate of drug-likeness (QED) is 0.289. The van der Waals surface area contributed by atoms with Crippen molar-refractivity contribution in [1.29, 1.82) is 0 Å². The van der Waals surface area contributed by atoms with Gasteiger partial charge in [0.2, 0.25) is 0 Å². The largest absolute Gasteiger partial charge is 0.333 e. The van der Waals surface area contributed by atoms with E-state index in [4.69, 9.17) is 9.79 Å². The molecule has 0 aromatic carbocycles. The highest BCUT2D eigenvalue weighted by Gasteiger charge is 2.18. The number of allylic oxidation sites excluding steroid dienone is 7. The van der Waals surface area contributed by atoms with Gasteiger partial charge in [-0.25, -0.2) is 0 Å². The lowest BCUT2D eigenvalue weighted by Gasteiger charge is -2.18. The second-order valence-electron chi connectivity index (χ2n) is 7.40. The van der Waals surface area contributed by atoms with Gasteiger partial charge in [-0.1, -0.05) is 77.0 Å². The molecule has 1 aliphatic carbocycles. The summed E-state index contributed by atoms with van der Waals surface area (Å²) in [6.45, 7) is 11.7. The van der Waals surface area contributed by atoms with Gasteiger partial charge < -0.3 is 15.8 Å². The normalized spacial score (nSPS) is 19.2. The summed E-state index contributed by atoms with van der Waals surface area (Å²) < 4.78 is 9.50. The van der Waals surface area contributed by atoms with Crippen LogP contribution in [0.3, 0.4) is 0 Å². The van der Waals surface area contributed by atoms with Gasteiger partial charge in [0.1, 0.15) is 6.79 Å². The molecule has 3 unspecified atom stereocenters. The third-order valence-corrected chi connectivity index (χ3v) is 5.15. The summed E-state index contributed by atoms with van der Waals surface area (Å²) >= 11 is 0. The van der Waals surface area contributed by atoms with Crippen LogP contribution in [0.4, 0.5) is 4.39 Å². The lowest BCUT2D eigenvalue weighted by atomic mass is 9.91. The maximum absolute atomic E-state index is 9.50. The van der Waals surface area contributed by atoms with Crippen molar-refractivity contribution in [1.82, 2.24) is 5.32 Å². The number of carbonyl (C=O) groups excluding carboxylic acids is 1. The Kier molecular flexibility index (Phi) is 30.5. The summed E-state index contributed by atoms with van der Waals surface area (Å²) in [7, 11) is 4.04. The van der Waals surface area contributed by atoms with Gasteiger partial charge in [0.25, 0.3) is 0 Å². The van der Waals surface area contributed by atoms with Crippen molar-refractivity contribution in [2.45, 2.75) is 72.6 Å². The number of hydrogen-bond acceptors (Lipinski definition) is 4. The van der Waals surface area contributed by atoms with Crippen LogP contribution >= 0.6 is 0 Å². The van der Waals surface area contributed by atoms with E-state index < -0.39 is 0 Å². The molecule has 192 valence electrons. The van der Waals surface area contributed by atoms with Gasteiger partial charge in [0.05, 0.1) is 7.18 Å². The van der Waals surface area contributed by atoms with E-state index in [-0.39, 0.29) is 0 Å². The Bertz CT molecular complexity index is 567. The van der Waals surface area contributed by atoms with Gasteiger partial charge in [0, 0.05) is 23.2 Å². The lowest BCUT2D eigenvalue weighted by molar-refractivity contribution is -0.0979. The molecule has 1 aliphatic heterocycles. The molecule has 0 radical (unpaired) electrons. The average molecular weight is 466 g/mol. The topological polar surface area (TPSA) is 67.5 Å². The molecule has 1 heterocycles. The van der Waals surface area contributed by atoms with Crippen LogP contribution in [0.2, 0.25) is 0 Å². The molecule has 3 atom stereocenters. The second-order valence-corrected chi connectivity index (χ2v) is 7.40. The molecule has 0 bridgehead atoms. The Morgan fingerprint density at radius 2 is 1.79 bits per heavy atom. The lowest BCUT2D eigenvalue weighted by Crippen LogP contribution is -2.15. The zero-order valence-corrected chi connectivity index (χ0v) is 22.4. The third-order valence-electron chi connectivity index (χ3n) is 5.15. The molecule has 0 amide bonds. The molecule has 0 saturated carbocycles. The van der Waals surface area contributed by atoms with Gasteiger partial charge in [-0.2, -0.15) is 0 Å². The Hall–Kier alpha value is -1.85. The number of rotatable bonds is 9. The minimum atomic E-state index is 0.433. The number of unbranched alkanes of at least 4 members (excludes halogenated alkanes) is 1. The van der Waals surface area contributed by atoms with Gasteiger partial charge in [-0.05, 0) is 64.7 Å². The fourth-order valence-corrected chi connectivity index (χ4v) is 3.66. The summed E-state index contributed by atoms with van der Waals surface area (Å²) in [4.78, 5) is 13.2. The fourth-order valence-electron chi connectivity index (χ4n) is 3.66. The molecule has 33 heavy (non-hydrogen) atoms. The Balaban J connectivity index is -0.00000101. The molecule has 0 aromatic heterocycles. The van der Waals surface area contributed by atoms with Crippen molar-refractivity contribution in [3.63, 3.8) is 0 Å². The summed E-state index contributed by atoms with van der Waals surface area (Å²) in [5, 5.41) is 3.26. The first-order valence-corrected chi connectivity index (χ1v) is 12.4. The van der Waals surface area contributed by atoms with E-state index in [1.165, 1.54) is 50.6 Å². The number of carbonyl (C=O) groups is 1. The highest BCUT2D eigenvalue weighted by molar-refractivity contribution is 5.97. The Morgan fingerprint density at radius 3 is 2.39 bits per heavy atom. The number of alkyl halides is 1. The maximum Gasteiger partial charge on any atom is 0.106 e. The van der Waals surface area contributed by atoms with E-state index >= 15 is 0 Å². The first-order valence-electron chi connectivity index (χ1n) is 12.4. The standard InChI is InChI=1S/C23H36N2.C2H6.CH3F.CH5N.CH2O/c1-4-10-20(12-7-8-18-24-3)22-14-5-6-15-23(25-22)21-13-9-11-19(2)16-17-21;4*1-2/h5,9,11,14-17,19-21,24H,4,6-8,10,12-13,18H2,1-3H3;1-2H3;1H3;2H2,1H3;1H2. The second kappa shape index (κ2) is 28.2. The molecule has 0 spiro atoms. The molecule has 0 aromatic rings. The zero-order chi connectivity index (χ0) is 25.9. The van der Waals surface area contributed by atoms with Gasteiger partial charge in [-0.3, -0.25) is 9.38 Å². The number of nitrogens with two attached hydrogens (primary N) is 1. The van der Waals surface area contributed by atoms with E-state index in [1.54, 1.807) is 0 Å². The molecular weight excluding hydrogens is 413 g/mol. The minimum absolute atomic E-state index is 0.433. The van der Waals surface area contributed by atoms with Gasteiger partial charge in [-0.15, -0.1) is 0 Å². The van der Waals surface area contributed by atoms with Crippen molar-refractivity contribution in [3.05, 3.63) is 48.2 Å². The summed E-state index contributed by atoms with van der Waals surface area (Å²) in [5.41, 5.74) is 7.08. The van der Waals surface area contributed by atoms with E-state index in [1.807, 2.05) is 27.7 Å². The zero-order valence-electron chi connectivity index (χ0n) is 22.4. The average Bonchev–Trinajstić information content (AvgIpc) is 3.26. The molecule has 3 N–H and O–H groups in total. The molecular formula is C28H52FN3O. The molecule has 5 heteroatoms. The van der Waals surface area contributed by atoms with Crippen LogP contribution in [-0.4, -0.2) is 40.3 Å². The third kappa shape index (κ3) is 17.3. The number of aliphatic imine (C=N–C) groups is 1. The first kappa shape index (κ1) is 35.7. The molecule has 0 fully saturated rings. The highest BCUT2D eigenvalue weighted by Crippen LogP contribution is 2.28. The van der Waals surface area contributed by atoms with Crippen LogP contribution in [0.15, 0.2) is 53.2 Å². The van der Waals surface area contributed by atoms with Crippen LogP contribution in [-0.2, 0) is 4.79 Å². The number of nitrogens with one attached hydrogen (secondary N) is 1. The van der Waals surface area contributed by atoms with Crippen molar-refractivity contribution in [2.24, 2.45) is 28.5 Å². The van der Waals surface area contributed by atoms with Gasteiger partial charge >= 0.3 is 0 Å². The predicted octanol–water partition coefficient (Wildman–Crippen LogP) is 6.85. The molecule has 2 aliphatic rings. The smallest absolute Gasteiger partial charge is 0.106 e. The predicted molar refractivity (Wildman–Crippen MR) is 147 cm³/mol. The summed E-state index contributed by atoms with van der Waals surface area (Å²) in [5.74, 6) is 1.57. The number of nitrogens with zero attached hydrogens (tertiary/aromatic N) is 1. The summed E-state index contributed by atoms with van der Waals surface area (Å²) in [6.07, 6.45) is 24.6. The van der Waals surface area contributed by atoms with E-state index in [9.17, 15) is 4.39 Å². The van der Waals surface area contributed by atoms with Crippen molar-refractivity contribution >= 4 is 12.5 Å². The molecule has 0 saturated heterocycles. The van der Waals surface area contributed by atoms with Crippen molar-refractivity contribution in [2.75, 3.05) is 27.8 Å². The van der Waals surface area contributed by atoms with E-state index in [0.717, 1.165) is 19.4 Å². The maximum atomic E-state index is 9.50. The fraction of sp³-hybridized carbons (Fsp3) is 0.643. The summed E-state index contributed by atoms with van der Waals surface area (Å²) in [6, 6.07) is 0. The van der Waals surface area contributed by atoms with Crippen LogP contribution in [0.25, 0.3) is 0 Å². The number of hydrogen-bond donors (Lipinski definition) is 2. The minimum Gasteiger partial charge on any atom is -0.333 e. The van der Waals surface area contributed by atoms with Crippen LogP contribution in [0.1, 0.15) is 72.6 Å². The Labute approximate surface area is 204 Å². The van der Waals surface area contributed by atoms with Gasteiger partial charge in [0.15, 0.2) is 0 Å². The van der Waals surface area contributed by atoms with Crippen LogP contribution < -0.4 is 11.1 Å². The Morgan fingerprint density at radius 1 is 1.12 bits per heavy atom. The van der Waals surface area contributed by atoms with E-state index in [2.05, 4.69) is 67.4 Å². The SMILES string of the molecule is C=O.CC.CCCC(CCCCNC)C1=NC(C2C=CC(C)C=CC2)=CCC=C1.CF.CN. The molecule has 4 nitrogen and oxygen atoms in total. The van der Waals surface area contributed by atoms with Crippen LogP contribution in [0.5, 0.6) is 0 Å². The van der Waals surface area contributed by atoms with Crippen molar-refractivity contribution in [3.8, 4) is 0 Å². The van der Waals surface area contributed by atoms with Crippen molar-refractivity contribution < 1.29 is 9.18 Å². The number of halogens is 1. The highest BCUT2D eigenvalue weighted by atomic mass is 19.1. The monoisotopic (exact) mass is 465 g/mol. The van der Waals surface area contributed by atoms with Crippen LogP contribution in [0, 0.1) is 17.8 Å². The first-order chi connectivity index (χ1) is 16.2. The molecule has 2 rings (SSSR count). The van der Waals surface area contributed by atoms with E-state index in [0.29, 0.717) is 24.9 Å².